The maximum absolute atomic E-state index is 12.2. The highest BCUT2D eigenvalue weighted by Crippen LogP contribution is 2.46. The van der Waals surface area contributed by atoms with Gasteiger partial charge in [0.25, 0.3) is 0 Å². The summed E-state index contributed by atoms with van der Waals surface area (Å²) in [5.74, 6) is -1.33. The Labute approximate surface area is 106 Å². The fourth-order valence-corrected chi connectivity index (χ4v) is 4.56. The van der Waals surface area contributed by atoms with Gasteiger partial charge in [-0.15, -0.1) is 0 Å². The molecule has 0 aromatic heterocycles. The topological polar surface area (TPSA) is 98.5 Å². The number of sulfonamides is 1. The number of aliphatic carboxylic acids is 1. The fourth-order valence-electron chi connectivity index (χ4n) is 2.36. The van der Waals surface area contributed by atoms with E-state index in [4.69, 9.17) is 10.4 Å². The van der Waals surface area contributed by atoms with E-state index in [1.807, 2.05) is 6.07 Å². The highest BCUT2D eigenvalue weighted by atomic mass is 32.2. The lowest BCUT2D eigenvalue weighted by Crippen LogP contribution is -2.49. The van der Waals surface area contributed by atoms with Crippen LogP contribution in [0.3, 0.4) is 0 Å². The molecule has 6 nitrogen and oxygen atoms in total. The van der Waals surface area contributed by atoms with Gasteiger partial charge in [-0.05, 0) is 32.1 Å². The molecule has 18 heavy (non-hydrogen) atoms. The van der Waals surface area contributed by atoms with E-state index in [-0.39, 0.29) is 12.3 Å². The van der Waals surface area contributed by atoms with E-state index in [2.05, 4.69) is 0 Å². The molecule has 1 saturated heterocycles. The summed E-state index contributed by atoms with van der Waals surface area (Å²) >= 11 is 0. The minimum Gasteiger partial charge on any atom is -0.480 e. The van der Waals surface area contributed by atoms with Crippen molar-refractivity contribution in [3.63, 3.8) is 0 Å². The summed E-state index contributed by atoms with van der Waals surface area (Å²) in [6.45, 7) is 0.251. The normalized spacial score (nSPS) is 27.4. The first-order chi connectivity index (χ1) is 8.40. The largest absolute Gasteiger partial charge is 0.480 e. The molecule has 0 bridgehead atoms. The van der Waals surface area contributed by atoms with Crippen LogP contribution >= 0.6 is 0 Å². The van der Waals surface area contributed by atoms with Crippen LogP contribution in [0, 0.1) is 16.7 Å². The average Bonchev–Trinajstić information content (AvgIpc) is 3.09. The Morgan fingerprint density at radius 3 is 2.61 bits per heavy atom. The quantitative estimate of drug-likeness (QED) is 0.806. The molecule has 1 heterocycles. The van der Waals surface area contributed by atoms with Gasteiger partial charge in [-0.2, -0.15) is 9.57 Å². The average molecular weight is 272 g/mol. The summed E-state index contributed by atoms with van der Waals surface area (Å²) in [6, 6.07) is 1.08. The summed E-state index contributed by atoms with van der Waals surface area (Å²) in [6.07, 6.45) is 2.95. The maximum Gasteiger partial charge on any atom is 0.322 e. The van der Waals surface area contributed by atoms with Gasteiger partial charge in [-0.25, -0.2) is 8.42 Å². The molecule has 2 aliphatic rings. The van der Waals surface area contributed by atoms with Gasteiger partial charge in [-0.3, -0.25) is 4.79 Å². The van der Waals surface area contributed by atoms with E-state index < -0.39 is 27.4 Å². The Morgan fingerprint density at radius 1 is 1.44 bits per heavy atom. The van der Waals surface area contributed by atoms with Crippen molar-refractivity contribution in [1.82, 2.24) is 4.31 Å². The lowest BCUT2D eigenvalue weighted by atomic mass is 10.1. The van der Waals surface area contributed by atoms with Gasteiger partial charge >= 0.3 is 5.97 Å². The molecule has 0 spiro atoms. The van der Waals surface area contributed by atoms with Crippen molar-refractivity contribution >= 4 is 16.0 Å². The lowest BCUT2D eigenvalue weighted by molar-refractivity contribution is -0.142. The summed E-state index contributed by atoms with van der Waals surface area (Å²) in [5, 5.41) is 18.0. The molecule has 1 saturated carbocycles. The Bertz CT molecular complexity index is 490. The van der Waals surface area contributed by atoms with Crippen molar-refractivity contribution in [2.24, 2.45) is 5.41 Å². The van der Waals surface area contributed by atoms with Gasteiger partial charge in [0.1, 0.15) is 6.04 Å². The molecular formula is C11H16N2O4S. The van der Waals surface area contributed by atoms with Crippen molar-refractivity contribution in [3.8, 4) is 6.07 Å². The molecule has 1 aliphatic carbocycles. The van der Waals surface area contributed by atoms with Crippen LogP contribution in [0.1, 0.15) is 32.1 Å². The molecule has 1 N–H and O–H groups in total. The number of carbonyl (C=O) groups is 1. The van der Waals surface area contributed by atoms with E-state index in [0.29, 0.717) is 25.7 Å². The number of carboxylic acid groups (broad SMARTS) is 1. The van der Waals surface area contributed by atoms with Crippen LogP contribution in [0.2, 0.25) is 0 Å². The van der Waals surface area contributed by atoms with Crippen LogP contribution < -0.4 is 0 Å². The van der Waals surface area contributed by atoms with Crippen molar-refractivity contribution in [1.29, 1.82) is 5.26 Å². The third-order valence-corrected chi connectivity index (χ3v) is 5.71. The minimum absolute atomic E-state index is 0.236. The molecular weight excluding hydrogens is 256 g/mol. The molecule has 0 amide bonds. The molecule has 7 heteroatoms. The SMILES string of the molecule is N#CC1(CS(=O)(=O)N2CCCCC2C(=O)O)CC1. The van der Waals surface area contributed by atoms with Gasteiger partial charge in [0.2, 0.25) is 10.0 Å². The highest BCUT2D eigenvalue weighted by molar-refractivity contribution is 7.89. The predicted molar refractivity (Wildman–Crippen MR) is 63.0 cm³/mol. The number of rotatable bonds is 4. The Balaban J connectivity index is 2.17. The van der Waals surface area contributed by atoms with Crippen molar-refractivity contribution < 1.29 is 18.3 Å². The third kappa shape index (κ3) is 2.49. The second kappa shape index (κ2) is 4.52. The molecule has 0 radical (unpaired) electrons. The van der Waals surface area contributed by atoms with Crippen molar-refractivity contribution in [2.75, 3.05) is 12.3 Å². The third-order valence-electron chi connectivity index (χ3n) is 3.65. The van der Waals surface area contributed by atoms with Gasteiger partial charge in [0.15, 0.2) is 0 Å². The smallest absolute Gasteiger partial charge is 0.322 e. The Kier molecular flexibility index (Phi) is 3.34. The van der Waals surface area contributed by atoms with Crippen LogP contribution in [0.15, 0.2) is 0 Å². The first-order valence-electron chi connectivity index (χ1n) is 6.04. The Morgan fingerprint density at radius 2 is 2.11 bits per heavy atom. The second-order valence-corrected chi connectivity index (χ2v) is 7.03. The predicted octanol–water partition coefficient (Wildman–Crippen LogP) is 0.559. The fraction of sp³-hybridized carbons (Fsp3) is 0.818. The molecule has 0 aromatic carbocycles. The van der Waals surface area contributed by atoms with E-state index >= 15 is 0 Å². The molecule has 100 valence electrons. The molecule has 1 aliphatic heterocycles. The summed E-state index contributed by atoms with van der Waals surface area (Å²) in [5.41, 5.74) is -0.765. The highest BCUT2D eigenvalue weighted by Gasteiger charge is 2.49. The first kappa shape index (κ1) is 13.3. The minimum atomic E-state index is -3.65. The maximum atomic E-state index is 12.2. The Hall–Kier alpha value is -1.13. The van der Waals surface area contributed by atoms with E-state index in [1.165, 1.54) is 0 Å². The summed E-state index contributed by atoms with van der Waals surface area (Å²) in [7, 11) is -3.65. The zero-order valence-electron chi connectivity index (χ0n) is 10.0. The van der Waals surface area contributed by atoms with Crippen LogP contribution in [0.25, 0.3) is 0 Å². The van der Waals surface area contributed by atoms with E-state index in [0.717, 1.165) is 10.7 Å². The van der Waals surface area contributed by atoms with Crippen LogP contribution in [-0.4, -0.2) is 42.1 Å². The van der Waals surface area contributed by atoms with Gasteiger partial charge in [0, 0.05) is 6.54 Å². The monoisotopic (exact) mass is 272 g/mol. The van der Waals surface area contributed by atoms with Crippen molar-refractivity contribution in [3.05, 3.63) is 0 Å². The number of hydrogen-bond acceptors (Lipinski definition) is 4. The molecule has 1 atom stereocenters. The van der Waals surface area contributed by atoms with Crippen LogP contribution in [0.5, 0.6) is 0 Å². The molecule has 2 fully saturated rings. The molecule has 0 aromatic rings. The van der Waals surface area contributed by atoms with Gasteiger partial charge in [-0.1, -0.05) is 0 Å². The zero-order chi connectivity index (χ0) is 13.4. The first-order valence-corrected chi connectivity index (χ1v) is 7.65. The van der Waals surface area contributed by atoms with Crippen molar-refractivity contribution in [2.45, 2.75) is 38.1 Å². The summed E-state index contributed by atoms with van der Waals surface area (Å²) < 4.78 is 25.5. The van der Waals surface area contributed by atoms with Crippen LogP contribution in [0.4, 0.5) is 0 Å². The number of carboxylic acids is 1. The van der Waals surface area contributed by atoms with Gasteiger partial charge < -0.3 is 5.11 Å². The molecule has 1 unspecified atom stereocenters. The number of hydrogen-bond donors (Lipinski definition) is 1. The molecule has 2 rings (SSSR count). The van der Waals surface area contributed by atoms with E-state index in [1.54, 1.807) is 0 Å². The number of nitrogens with zero attached hydrogens (tertiary/aromatic N) is 2. The second-order valence-electron chi connectivity index (χ2n) is 5.11. The van der Waals surface area contributed by atoms with Gasteiger partial charge in [0.05, 0.1) is 17.2 Å². The summed E-state index contributed by atoms with van der Waals surface area (Å²) in [4.78, 5) is 11.1. The lowest BCUT2D eigenvalue weighted by Gasteiger charge is -2.32. The van der Waals surface area contributed by atoms with E-state index in [9.17, 15) is 13.2 Å². The van der Waals surface area contributed by atoms with Crippen LogP contribution in [-0.2, 0) is 14.8 Å². The zero-order valence-corrected chi connectivity index (χ0v) is 10.8. The standard InChI is InChI=1S/C11H16N2O4S/c12-7-11(4-5-11)8-18(16,17)13-6-2-1-3-9(13)10(14)15/h9H,1-6,8H2,(H,14,15). The number of nitriles is 1. The number of piperidine rings is 1.